The number of carbonyl (C=O) groups excluding carboxylic acids is 1. The summed E-state index contributed by atoms with van der Waals surface area (Å²) in [6.45, 7) is 0.882. The zero-order valence-corrected chi connectivity index (χ0v) is 16.7. The van der Waals surface area contributed by atoms with Gasteiger partial charge >= 0.3 is 17.1 Å². The van der Waals surface area contributed by atoms with E-state index in [9.17, 15) is 37.9 Å². The number of ether oxygens (including phenoxy) is 1. The molecule has 0 radical (unpaired) electrons. The lowest BCUT2D eigenvalue weighted by atomic mass is 10.2. The molecule has 3 rings (SSSR count). The Balaban J connectivity index is 2.28. The van der Waals surface area contributed by atoms with Crippen molar-refractivity contribution in [3.8, 4) is 5.69 Å². The molecule has 33 heavy (non-hydrogen) atoms. The SMILES string of the molecule is CCOC(=O)Cn1c(=O)c(=O)[nH]c2cc([N+](=O)[O-])c(-n3ccc(C(NF)(NF)NF)c3)cc21. The van der Waals surface area contributed by atoms with E-state index in [1.165, 1.54) is 6.92 Å². The molecule has 16 heteroatoms. The van der Waals surface area contributed by atoms with Crippen LogP contribution in [0.5, 0.6) is 0 Å². The van der Waals surface area contributed by atoms with E-state index in [4.69, 9.17) is 4.74 Å². The van der Waals surface area contributed by atoms with Gasteiger partial charge in [0.2, 0.25) is 5.79 Å². The summed E-state index contributed by atoms with van der Waals surface area (Å²) in [7, 11) is 0. The maximum Gasteiger partial charge on any atom is 0.326 e. The van der Waals surface area contributed by atoms with E-state index in [1.54, 1.807) is 0 Å². The van der Waals surface area contributed by atoms with Crippen LogP contribution in [0.1, 0.15) is 12.5 Å². The number of benzene rings is 1. The number of carbonyl (C=O) groups is 1. The van der Waals surface area contributed by atoms with Gasteiger partial charge < -0.3 is 14.3 Å². The minimum absolute atomic E-state index is 0.00709. The number of nitrogens with zero attached hydrogens (tertiary/aromatic N) is 3. The topological polar surface area (TPSA) is 165 Å². The smallest absolute Gasteiger partial charge is 0.326 e. The number of aromatic amines is 1. The largest absolute Gasteiger partial charge is 0.465 e. The molecule has 0 saturated heterocycles. The first-order valence-electron chi connectivity index (χ1n) is 9.14. The molecule has 2 heterocycles. The van der Waals surface area contributed by atoms with Gasteiger partial charge in [-0.25, -0.2) is 0 Å². The molecule has 0 atom stereocenters. The predicted octanol–water partition coefficient (Wildman–Crippen LogP) is 0.484. The van der Waals surface area contributed by atoms with Crippen LogP contribution in [-0.4, -0.2) is 31.6 Å². The third-order valence-corrected chi connectivity index (χ3v) is 4.69. The number of H-pyrrole nitrogens is 1. The van der Waals surface area contributed by atoms with Crippen molar-refractivity contribution in [2.45, 2.75) is 19.3 Å². The van der Waals surface area contributed by atoms with Crippen LogP contribution in [0.2, 0.25) is 0 Å². The van der Waals surface area contributed by atoms with Crippen LogP contribution in [0.3, 0.4) is 0 Å². The summed E-state index contributed by atoms with van der Waals surface area (Å²) in [6, 6.07) is 3.08. The highest BCUT2D eigenvalue weighted by atomic mass is 19.2. The van der Waals surface area contributed by atoms with E-state index in [0.29, 0.717) is 0 Å². The number of halogens is 3. The Hall–Kier alpha value is -4.02. The Bertz CT molecular complexity index is 1320. The van der Waals surface area contributed by atoms with Crippen molar-refractivity contribution in [1.82, 2.24) is 30.7 Å². The van der Waals surface area contributed by atoms with Crippen molar-refractivity contribution >= 4 is 22.7 Å². The number of hydrogen-bond acceptors (Lipinski definition) is 9. The second kappa shape index (κ2) is 9.23. The molecule has 0 saturated carbocycles. The second-order valence-corrected chi connectivity index (χ2v) is 6.61. The zero-order valence-electron chi connectivity index (χ0n) is 16.7. The number of nitro groups is 1. The third kappa shape index (κ3) is 4.21. The summed E-state index contributed by atoms with van der Waals surface area (Å²) in [5.41, 5.74) is -1.07. The number of nitro benzene ring substituents is 1. The van der Waals surface area contributed by atoms with E-state index in [2.05, 4.69) is 4.98 Å². The highest BCUT2D eigenvalue weighted by Crippen LogP contribution is 2.29. The Labute approximate surface area is 180 Å². The van der Waals surface area contributed by atoms with Crippen LogP contribution in [0.25, 0.3) is 16.7 Å². The molecule has 0 fully saturated rings. The Kier molecular flexibility index (Phi) is 6.61. The molecule has 2 aromatic heterocycles. The lowest BCUT2D eigenvalue weighted by Crippen LogP contribution is -2.55. The second-order valence-electron chi connectivity index (χ2n) is 6.61. The van der Waals surface area contributed by atoms with E-state index in [0.717, 1.165) is 56.3 Å². The van der Waals surface area contributed by atoms with Gasteiger partial charge in [0.15, 0.2) is 0 Å². The molecule has 176 valence electrons. The van der Waals surface area contributed by atoms with Crippen molar-refractivity contribution < 1.29 is 27.9 Å². The van der Waals surface area contributed by atoms with Crippen LogP contribution in [-0.2, 0) is 21.9 Å². The molecule has 0 spiro atoms. The van der Waals surface area contributed by atoms with Crippen molar-refractivity contribution in [2.75, 3.05) is 6.61 Å². The first kappa shape index (κ1) is 23.6. The van der Waals surface area contributed by atoms with E-state index >= 15 is 0 Å². The fraction of sp³-hybridized carbons (Fsp3) is 0.235. The van der Waals surface area contributed by atoms with E-state index in [1.807, 2.05) is 0 Å². The van der Waals surface area contributed by atoms with Gasteiger partial charge in [0.25, 0.3) is 5.69 Å². The van der Waals surface area contributed by atoms with Crippen LogP contribution in [0.4, 0.5) is 19.1 Å². The van der Waals surface area contributed by atoms with Crippen molar-refractivity contribution in [1.29, 1.82) is 0 Å². The zero-order chi connectivity index (χ0) is 24.3. The summed E-state index contributed by atoms with van der Waals surface area (Å²) in [5.74, 6) is -3.63. The molecule has 0 unspecified atom stereocenters. The van der Waals surface area contributed by atoms with Gasteiger partial charge in [0, 0.05) is 24.0 Å². The lowest BCUT2D eigenvalue weighted by molar-refractivity contribution is -0.384. The predicted molar refractivity (Wildman–Crippen MR) is 106 cm³/mol. The normalized spacial score (nSPS) is 11.6. The lowest BCUT2D eigenvalue weighted by Gasteiger charge is -2.23. The Morgan fingerprint density at radius 2 is 1.91 bits per heavy atom. The van der Waals surface area contributed by atoms with Crippen molar-refractivity contribution in [3.05, 3.63) is 67.0 Å². The van der Waals surface area contributed by atoms with Gasteiger partial charge in [0.05, 0.1) is 22.6 Å². The van der Waals surface area contributed by atoms with Gasteiger partial charge in [-0.05, 0) is 19.1 Å². The fourth-order valence-corrected chi connectivity index (χ4v) is 3.13. The number of aromatic nitrogens is 3. The maximum atomic E-state index is 13.1. The van der Waals surface area contributed by atoms with Gasteiger partial charge in [-0.1, -0.05) is 0 Å². The molecule has 0 aliphatic rings. The summed E-state index contributed by atoms with van der Waals surface area (Å²) in [6.07, 6.45) is 2.09. The first-order valence-corrected chi connectivity index (χ1v) is 9.14. The van der Waals surface area contributed by atoms with E-state index < -0.39 is 45.6 Å². The minimum Gasteiger partial charge on any atom is -0.465 e. The average Bonchev–Trinajstić information content (AvgIpc) is 3.28. The van der Waals surface area contributed by atoms with Gasteiger partial charge in [-0.15, -0.1) is 30.1 Å². The summed E-state index contributed by atoms with van der Waals surface area (Å²) in [5, 5.41) is 11.7. The monoisotopic (exact) mass is 471 g/mol. The van der Waals surface area contributed by atoms with Gasteiger partial charge in [-0.3, -0.25) is 29.1 Å². The molecule has 4 N–H and O–H groups in total. The maximum absolute atomic E-state index is 13.1. The van der Waals surface area contributed by atoms with Crippen LogP contribution in [0, 0.1) is 10.1 Å². The highest BCUT2D eigenvalue weighted by molar-refractivity contribution is 5.83. The van der Waals surface area contributed by atoms with Crippen molar-refractivity contribution in [3.63, 3.8) is 0 Å². The molecule has 1 aromatic carbocycles. The molecule has 0 amide bonds. The van der Waals surface area contributed by atoms with Crippen LogP contribution in [0.15, 0.2) is 40.2 Å². The summed E-state index contributed by atoms with van der Waals surface area (Å²) >= 11 is 0. The van der Waals surface area contributed by atoms with Gasteiger partial charge in [0.1, 0.15) is 12.2 Å². The number of nitrogens with one attached hydrogen (secondary N) is 4. The van der Waals surface area contributed by atoms with Gasteiger partial charge in [-0.2, -0.15) is 0 Å². The molecule has 3 aromatic rings. The number of esters is 1. The van der Waals surface area contributed by atoms with E-state index in [-0.39, 0.29) is 23.3 Å². The minimum atomic E-state index is -2.80. The third-order valence-electron chi connectivity index (χ3n) is 4.69. The van der Waals surface area contributed by atoms with Crippen LogP contribution < -0.4 is 27.7 Å². The summed E-state index contributed by atoms with van der Waals surface area (Å²) in [4.78, 5) is 49.3. The molecule has 13 nitrogen and oxygen atoms in total. The Morgan fingerprint density at radius 1 is 1.24 bits per heavy atom. The standard InChI is InChI=1S/C17H16F3N7O6/c1-2-33-14(28)8-26-11-6-12(13(27(31)32)5-10(11)21-15(29)16(26)30)25-4-3-9(7-25)17(22-18,23-19)24-20/h3-7,22-24H,2,8H2,1H3,(H,21,29). The molecular weight excluding hydrogens is 455 g/mol. The van der Waals surface area contributed by atoms with Crippen molar-refractivity contribution in [2.24, 2.45) is 0 Å². The average molecular weight is 471 g/mol. The number of rotatable bonds is 9. The highest BCUT2D eigenvalue weighted by Gasteiger charge is 2.34. The summed E-state index contributed by atoms with van der Waals surface area (Å²) < 4.78 is 45.8. The Morgan fingerprint density at radius 3 is 2.48 bits per heavy atom. The fourth-order valence-electron chi connectivity index (χ4n) is 3.13. The molecular formula is C17H16F3N7O6. The van der Waals surface area contributed by atoms with Crippen LogP contribution >= 0.6 is 0 Å². The quantitative estimate of drug-likeness (QED) is 0.0867. The number of hydrogen-bond donors (Lipinski definition) is 4. The molecule has 0 aliphatic carbocycles. The number of fused-ring (bicyclic) bond motifs is 1. The molecule has 0 bridgehead atoms. The first-order chi connectivity index (χ1) is 15.7. The molecule has 0 aliphatic heterocycles.